The smallest absolute Gasteiger partial charge is 0.336 e. The van der Waals surface area contributed by atoms with Gasteiger partial charge in [-0.1, -0.05) is 13.0 Å². The van der Waals surface area contributed by atoms with Gasteiger partial charge in [-0.3, -0.25) is 4.79 Å². The number of piperazine rings is 1. The average Bonchev–Trinajstić information content (AvgIpc) is 3.22. The fourth-order valence-electron chi connectivity index (χ4n) is 4.06. The van der Waals surface area contributed by atoms with E-state index in [0.717, 1.165) is 42.1 Å². The average molecular weight is 468 g/mol. The number of amides is 1. The molecule has 4 heterocycles. The summed E-state index contributed by atoms with van der Waals surface area (Å²) in [5.74, 6) is 1.38. The van der Waals surface area contributed by atoms with E-state index in [2.05, 4.69) is 38.3 Å². The van der Waals surface area contributed by atoms with E-state index >= 15 is 0 Å². The molecule has 3 aromatic heterocycles. The number of likely N-dealkylation sites (N-methyl/N-ethyl adjacent to an activating group) is 1. The molecule has 1 atom stereocenters. The number of pyridine rings is 1. The first kappa shape index (κ1) is 23.7. The van der Waals surface area contributed by atoms with Crippen molar-refractivity contribution in [1.82, 2.24) is 34.8 Å². The Labute approximate surface area is 199 Å². The zero-order valence-corrected chi connectivity index (χ0v) is 20.3. The van der Waals surface area contributed by atoms with E-state index in [-0.39, 0.29) is 23.8 Å². The van der Waals surface area contributed by atoms with Gasteiger partial charge in [0, 0.05) is 38.8 Å². The number of carbonyl (C=O) groups is 1. The summed E-state index contributed by atoms with van der Waals surface area (Å²) in [6, 6.07) is 2.39. The van der Waals surface area contributed by atoms with Gasteiger partial charge in [0.1, 0.15) is 5.82 Å². The number of fused-ring (bicyclic) bond motifs is 1. The van der Waals surface area contributed by atoms with Crippen LogP contribution >= 0.6 is 0 Å². The van der Waals surface area contributed by atoms with Gasteiger partial charge in [0.05, 0.1) is 24.5 Å². The van der Waals surface area contributed by atoms with Gasteiger partial charge in [0.25, 0.3) is 0 Å². The fraction of sp³-hybridized carbons (Fsp3) is 0.522. The predicted octanol–water partition coefficient (Wildman–Crippen LogP) is 1.05. The van der Waals surface area contributed by atoms with Gasteiger partial charge >= 0.3 is 6.01 Å². The minimum absolute atomic E-state index is 0.00786. The Hall–Kier alpha value is -3.47. The second-order valence-corrected chi connectivity index (χ2v) is 8.66. The summed E-state index contributed by atoms with van der Waals surface area (Å²) in [4.78, 5) is 29.6. The highest BCUT2D eigenvalue weighted by atomic mass is 16.5. The summed E-state index contributed by atoms with van der Waals surface area (Å²) < 4.78 is 7.47. The van der Waals surface area contributed by atoms with Gasteiger partial charge in [-0.05, 0) is 38.4 Å². The van der Waals surface area contributed by atoms with Gasteiger partial charge in [-0.2, -0.15) is 4.98 Å². The number of nitrogens with one attached hydrogen (secondary N) is 1. The molecular weight excluding hydrogens is 434 g/mol. The zero-order chi connectivity index (χ0) is 24.2. The van der Waals surface area contributed by atoms with Crippen molar-refractivity contribution in [2.24, 2.45) is 0 Å². The number of anilines is 2. The third kappa shape index (κ3) is 5.04. The van der Waals surface area contributed by atoms with E-state index in [9.17, 15) is 4.79 Å². The maximum Gasteiger partial charge on any atom is 0.336 e. The molecule has 1 fully saturated rings. The molecule has 1 amide bonds. The molecule has 0 bridgehead atoms. The lowest BCUT2D eigenvalue weighted by molar-refractivity contribution is -0.130. The summed E-state index contributed by atoms with van der Waals surface area (Å²) in [7, 11) is 1.79. The predicted molar refractivity (Wildman–Crippen MR) is 130 cm³/mol. The normalized spacial score (nSPS) is 15.1. The molecule has 3 N–H and O–H groups in total. The minimum atomic E-state index is -0.00786. The van der Waals surface area contributed by atoms with Crippen LogP contribution in [0.5, 0.6) is 6.01 Å². The topological polar surface area (TPSA) is 127 Å². The number of hydrogen-bond acceptors (Lipinski definition) is 9. The Morgan fingerprint density at radius 3 is 2.68 bits per heavy atom. The third-order valence-electron chi connectivity index (χ3n) is 6.07. The number of aromatic nitrogens is 5. The molecular formula is C23H33N9O2. The van der Waals surface area contributed by atoms with Crippen LogP contribution in [-0.4, -0.2) is 81.2 Å². The van der Waals surface area contributed by atoms with Crippen molar-refractivity contribution < 1.29 is 9.53 Å². The maximum absolute atomic E-state index is 12.1. The highest BCUT2D eigenvalue weighted by Crippen LogP contribution is 2.22. The number of imidazole rings is 1. The van der Waals surface area contributed by atoms with Crippen LogP contribution in [0.3, 0.4) is 0 Å². The number of hydrogen-bond donors (Lipinski definition) is 2. The second kappa shape index (κ2) is 10.2. The van der Waals surface area contributed by atoms with E-state index in [1.165, 1.54) is 0 Å². The Morgan fingerprint density at radius 1 is 1.24 bits per heavy atom. The van der Waals surface area contributed by atoms with Crippen LogP contribution in [0.4, 0.5) is 11.6 Å². The summed E-state index contributed by atoms with van der Waals surface area (Å²) in [6.45, 7) is 9.39. The molecule has 0 saturated carbocycles. The molecule has 182 valence electrons. The number of rotatable bonds is 8. The lowest BCUT2D eigenvalue weighted by atomic mass is 10.1. The van der Waals surface area contributed by atoms with Crippen molar-refractivity contribution in [2.75, 3.05) is 50.4 Å². The van der Waals surface area contributed by atoms with Gasteiger partial charge in [-0.15, -0.1) is 5.10 Å². The van der Waals surface area contributed by atoms with Crippen LogP contribution in [0.2, 0.25) is 0 Å². The second-order valence-electron chi connectivity index (χ2n) is 8.66. The number of nitrogens with zero attached hydrogens (tertiary/aromatic N) is 7. The Kier molecular flexibility index (Phi) is 7.11. The van der Waals surface area contributed by atoms with Crippen LogP contribution in [0.1, 0.15) is 37.1 Å². The third-order valence-corrected chi connectivity index (χ3v) is 6.07. The Bertz CT molecular complexity index is 1150. The zero-order valence-electron chi connectivity index (χ0n) is 20.3. The molecule has 1 saturated heterocycles. The van der Waals surface area contributed by atoms with Gasteiger partial charge in [0.2, 0.25) is 5.91 Å². The van der Waals surface area contributed by atoms with Crippen molar-refractivity contribution >= 4 is 23.2 Å². The van der Waals surface area contributed by atoms with E-state index in [1.54, 1.807) is 17.8 Å². The highest BCUT2D eigenvalue weighted by Gasteiger charge is 2.22. The molecule has 0 unspecified atom stereocenters. The molecule has 1 aliphatic heterocycles. The Balaban J connectivity index is 1.48. The molecule has 0 radical (unpaired) electrons. The minimum Gasteiger partial charge on any atom is -0.459 e. The molecule has 4 rings (SSSR count). The lowest BCUT2D eigenvalue weighted by Crippen LogP contribution is -2.51. The molecule has 34 heavy (non-hydrogen) atoms. The lowest BCUT2D eigenvalue weighted by Gasteiger charge is -2.36. The maximum atomic E-state index is 12.1. The van der Waals surface area contributed by atoms with E-state index in [0.29, 0.717) is 31.7 Å². The molecule has 3 aromatic rings. The van der Waals surface area contributed by atoms with Crippen LogP contribution < -0.4 is 20.7 Å². The fourth-order valence-corrected chi connectivity index (χ4v) is 4.06. The summed E-state index contributed by atoms with van der Waals surface area (Å²) >= 11 is 0. The van der Waals surface area contributed by atoms with E-state index < -0.39 is 0 Å². The Morgan fingerprint density at radius 2 is 2.00 bits per heavy atom. The SMILES string of the molecule is CC[C@H](C)Oc1nc(N)c2ncc(Cc3cnc(N4CCN(C(=O)CNC)CC4)c(C)c3)n2n1. The number of nitrogens with two attached hydrogens (primary N) is 1. The molecule has 1 aliphatic rings. The quantitative estimate of drug-likeness (QED) is 0.500. The van der Waals surface area contributed by atoms with E-state index in [1.807, 2.05) is 24.9 Å². The molecule has 11 nitrogen and oxygen atoms in total. The van der Waals surface area contributed by atoms with Crippen molar-refractivity contribution in [3.8, 4) is 6.01 Å². The van der Waals surface area contributed by atoms with Crippen LogP contribution in [-0.2, 0) is 11.2 Å². The molecule has 0 aliphatic carbocycles. The molecule has 11 heteroatoms. The first-order valence-corrected chi connectivity index (χ1v) is 11.7. The summed E-state index contributed by atoms with van der Waals surface area (Å²) in [5, 5.41) is 7.43. The van der Waals surface area contributed by atoms with Crippen molar-refractivity contribution in [1.29, 1.82) is 0 Å². The van der Waals surface area contributed by atoms with E-state index in [4.69, 9.17) is 15.5 Å². The van der Waals surface area contributed by atoms with Gasteiger partial charge in [0.15, 0.2) is 11.5 Å². The summed E-state index contributed by atoms with van der Waals surface area (Å²) in [5.41, 5.74) is 9.63. The van der Waals surface area contributed by atoms with Gasteiger partial charge < -0.3 is 25.6 Å². The first-order chi connectivity index (χ1) is 16.4. The van der Waals surface area contributed by atoms with Crippen LogP contribution in [0.15, 0.2) is 18.5 Å². The monoisotopic (exact) mass is 467 g/mol. The largest absolute Gasteiger partial charge is 0.459 e. The van der Waals surface area contributed by atoms with Crippen LogP contribution in [0.25, 0.3) is 5.65 Å². The van der Waals surface area contributed by atoms with Crippen LogP contribution in [0, 0.1) is 6.92 Å². The number of nitrogen functional groups attached to an aromatic ring is 1. The number of aryl methyl sites for hydroxylation is 1. The number of carbonyl (C=O) groups excluding carboxylic acids is 1. The van der Waals surface area contributed by atoms with Gasteiger partial charge in [-0.25, -0.2) is 14.5 Å². The highest BCUT2D eigenvalue weighted by molar-refractivity contribution is 5.78. The first-order valence-electron chi connectivity index (χ1n) is 11.7. The number of ether oxygens (including phenoxy) is 1. The van der Waals surface area contributed by atoms with Crippen molar-refractivity contribution in [3.63, 3.8) is 0 Å². The summed E-state index contributed by atoms with van der Waals surface area (Å²) in [6.07, 6.45) is 5.09. The van der Waals surface area contributed by atoms with Crippen molar-refractivity contribution in [2.45, 2.75) is 39.7 Å². The van der Waals surface area contributed by atoms with Crippen molar-refractivity contribution in [3.05, 3.63) is 35.3 Å². The molecule has 0 aromatic carbocycles. The molecule has 0 spiro atoms. The standard InChI is InChI=1S/C23H33N9O2/c1-5-16(3)34-23-28-20(24)22-27-13-18(32(22)29-23)11-17-10-15(2)21(26-12-17)31-8-6-30(7-9-31)19(33)14-25-4/h10,12-13,16,25H,5-9,11,14H2,1-4H3,(H2,24,28,29)/t16-/m0/s1.